The van der Waals surface area contributed by atoms with Gasteiger partial charge in [0, 0.05) is 6.54 Å². The first-order chi connectivity index (χ1) is 9.86. The van der Waals surface area contributed by atoms with E-state index < -0.39 is 29.0 Å². The zero-order chi connectivity index (χ0) is 15.9. The van der Waals surface area contributed by atoms with E-state index in [4.69, 9.17) is 4.74 Å². The molecule has 1 aromatic heterocycles. The van der Waals surface area contributed by atoms with Gasteiger partial charge in [0.25, 0.3) is 5.56 Å². The van der Waals surface area contributed by atoms with Crippen LogP contribution in [0.25, 0.3) is 0 Å². The standard InChI is InChI=1S/C11H14F3N3O4/c1-20-8(18)2-4-21-5-3-15-7-6-16-17-10(19)9(7)11(12,13)14/h6H,2-5H2,1H3,(H2,15,17,19). The Kier molecular flexibility index (Phi) is 6.15. The van der Waals surface area contributed by atoms with Crippen molar-refractivity contribution in [3.8, 4) is 0 Å². The molecule has 0 aliphatic rings. The maximum Gasteiger partial charge on any atom is 0.423 e. The fraction of sp³-hybridized carbons (Fsp3) is 0.545. The molecule has 0 aliphatic heterocycles. The maximum absolute atomic E-state index is 12.7. The summed E-state index contributed by atoms with van der Waals surface area (Å²) in [4.78, 5) is 21.9. The quantitative estimate of drug-likeness (QED) is 0.571. The van der Waals surface area contributed by atoms with Crippen molar-refractivity contribution in [2.45, 2.75) is 12.6 Å². The summed E-state index contributed by atoms with van der Waals surface area (Å²) in [5.74, 6) is -0.443. The minimum atomic E-state index is -4.79. The number of H-pyrrole nitrogens is 1. The molecule has 1 rings (SSSR count). The smallest absolute Gasteiger partial charge is 0.423 e. The van der Waals surface area contributed by atoms with Crippen LogP contribution in [0, 0.1) is 0 Å². The van der Waals surface area contributed by atoms with Crippen LogP contribution in [-0.4, -0.2) is 43.0 Å². The summed E-state index contributed by atoms with van der Waals surface area (Å²) in [5.41, 5.74) is -3.09. The number of rotatable bonds is 7. The summed E-state index contributed by atoms with van der Waals surface area (Å²) in [6, 6.07) is 0. The zero-order valence-corrected chi connectivity index (χ0v) is 11.1. The van der Waals surface area contributed by atoms with E-state index in [0.717, 1.165) is 6.20 Å². The molecule has 0 unspecified atom stereocenters. The fourth-order valence-corrected chi connectivity index (χ4v) is 1.43. The van der Waals surface area contributed by atoms with Crippen LogP contribution in [0.15, 0.2) is 11.0 Å². The Bertz CT molecular complexity index is 530. The van der Waals surface area contributed by atoms with Crippen LogP contribution in [0.1, 0.15) is 12.0 Å². The summed E-state index contributed by atoms with van der Waals surface area (Å²) in [6.07, 6.45) is -3.86. The van der Waals surface area contributed by atoms with Crippen LogP contribution >= 0.6 is 0 Å². The summed E-state index contributed by atoms with van der Waals surface area (Å²) < 4.78 is 47.5. The fourth-order valence-electron chi connectivity index (χ4n) is 1.43. The Morgan fingerprint density at radius 2 is 2.14 bits per heavy atom. The third kappa shape index (κ3) is 5.42. The predicted molar refractivity (Wildman–Crippen MR) is 65.8 cm³/mol. The Hall–Kier alpha value is -2.10. The summed E-state index contributed by atoms with van der Waals surface area (Å²) in [5, 5.41) is 7.45. The molecular weight excluding hydrogens is 295 g/mol. The highest BCUT2D eigenvalue weighted by Gasteiger charge is 2.37. The number of hydrogen-bond donors (Lipinski definition) is 2. The number of alkyl halides is 3. The highest BCUT2D eigenvalue weighted by molar-refractivity contribution is 5.69. The molecule has 118 valence electrons. The number of aromatic amines is 1. The lowest BCUT2D eigenvalue weighted by Gasteiger charge is -2.12. The Morgan fingerprint density at radius 3 is 2.76 bits per heavy atom. The topological polar surface area (TPSA) is 93.3 Å². The number of hydrogen-bond acceptors (Lipinski definition) is 6. The number of carbonyl (C=O) groups excluding carboxylic acids is 1. The number of aromatic nitrogens is 2. The third-order valence-corrected chi connectivity index (χ3v) is 2.38. The maximum atomic E-state index is 12.7. The molecule has 10 heteroatoms. The monoisotopic (exact) mass is 309 g/mol. The first-order valence-electron chi connectivity index (χ1n) is 5.89. The number of anilines is 1. The average molecular weight is 309 g/mol. The molecule has 2 N–H and O–H groups in total. The van der Waals surface area contributed by atoms with Crippen molar-refractivity contribution < 1.29 is 27.4 Å². The highest BCUT2D eigenvalue weighted by atomic mass is 19.4. The number of esters is 1. The average Bonchev–Trinajstić information content (AvgIpc) is 2.40. The normalized spacial score (nSPS) is 11.2. The Balaban J connectivity index is 2.48. The molecular formula is C11H14F3N3O4. The van der Waals surface area contributed by atoms with Crippen LogP contribution < -0.4 is 10.9 Å². The second-order valence-corrected chi connectivity index (χ2v) is 3.85. The molecule has 0 bridgehead atoms. The molecule has 0 radical (unpaired) electrons. The SMILES string of the molecule is COC(=O)CCOCCNc1cn[nH]c(=O)c1C(F)(F)F. The molecule has 0 atom stereocenters. The van der Waals surface area contributed by atoms with E-state index in [9.17, 15) is 22.8 Å². The van der Waals surface area contributed by atoms with Gasteiger partial charge in [-0.25, -0.2) is 5.10 Å². The number of carbonyl (C=O) groups is 1. The van der Waals surface area contributed by atoms with Crippen molar-refractivity contribution in [3.05, 3.63) is 22.1 Å². The van der Waals surface area contributed by atoms with Gasteiger partial charge in [0.05, 0.1) is 38.6 Å². The van der Waals surface area contributed by atoms with E-state index in [-0.39, 0.29) is 26.2 Å². The van der Waals surface area contributed by atoms with Gasteiger partial charge in [-0.3, -0.25) is 9.59 Å². The molecule has 0 saturated heterocycles. The van der Waals surface area contributed by atoms with Crippen molar-refractivity contribution in [1.82, 2.24) is 10.2 Å². The van der Waals surface area contributed by atoms with Crippen molar-refractivity contribution in [3.63, 3.8) is 0 Å². The van der Waals surface area contributed by atoms with E-state index in [1.54, 1.807) is 5.10 Å². The van der Waals surface area contributed by atoms with Crippen LogP contribution in [0.4, 0.5) is 18.9 Å². The zero-order valence-electron chi connectivity index (χ0n) is 11.1. The minimum absolute atomic E-state index is 0.0232. The number of ether oxygens (including phenoxy) is 2. The van der Waals surface area contributed by atoms with Gasteiger partial charge >= 0.3 is 12.1 Å². The van der Waals surface area contributed by atoms with E-state index >= 15 is 0 Å². The predicted octanol–water partition coefficient (Wildman–Crippen LogP) is 0.780. The van der Waals surface area contributed by atoms with Crippen molar-refractivity contribution in [2.24, 2.45) is 0 Å². The lowest BCUT2D eigenvalue weighted by atomic mass is 10.2. The Labute approximate surface area is 117 Å². The largest absolute Gasteiger partial charge is 0.469 e. The van der Waals surface area contributed by atoms with Gasteiger partial charge < -0.3 is 14.8 Å². The molecule has 0 fully saturated rings. The highest BCUT2D eigenvalue weighted by Crippen LogP contribution is 2.31. The van der Waals surface area contributed by atoms with E-state index in [1.165, 1.54) is 7.11 Å². The molecule has 21 heavy (non-hydrogen) atoms. The minimum Gasteiger partial charge on any atom is -0.469 e. The summed E-state index contributed by atoms with van der Waals surface area (Å²) in [6.45, 7) is 0.171. The van der Waals surface area contributed by atoms with Crippen LogP contribution in [0.3, 0.4) is 0 Å². The van der Waals surface area contributed by atoms with Gasteiger partial charge in [-0.1, -0.05) is 0 Å². The molecule has 0 spiro atoms. The number of nitrogens with zero attached hydrogens (tertiary/aromatic N) is 1. The summed E-state index contributed by atoms with van der Waals surface area (Å²) >= 11 is 0. The Morgan fingerprint density at radius 1 is 1.43 bits per heavy atom. The van der Waals surface area contributed by atoms with E-state index in [0.29, 0.717) is 0 Å². The molecule has 1 heterocycles. The van der Waals surface area contributed by atoms with Crippen LogP contribution in [0.5, 0.6) is 0 Å². The van der Waals surface area contributed by atoms with Crippen molar-refractivity contribution in [1.29, 1.82) is 0 Å². The van der Waals surface area contributed by atoms with Gasteiger partial charge in [0.2, 0.25) is 0 Å². The van der Waals surface area contributed by atoms with Gasteiger partial charge in [0.1, 0.15) is 5.56 Å². The molecule has 0 amide bonds. The third-order valence-electron chi connectivity index (χ3n) is 2.38. The van der Waals surface area contributed by atoms with Gasteiger partial charge in [-0.2, -0.15) is 18.3 Å². The molecule has 7 nitrogen and oxygen atoms in total. The van der Waals surface area contributed by atoms with Gasteiger partial charge in [-0.05, 0) is 0 Å². The second kappa shape index (κ2) is 7.62. The lowest BCUT2D eigenvalue weighted by molar-refractivity contribution is -0.142. The van der Waals surface area contributed by atoms with Gasteiger partial charge in [-0.15, -0.1) is 0 Å². The number of methoxy groups -OCH3 is 1. The number of nitrogens with one attached hydrogen (secondary N) is 2. The van der Waals surface area contributed by atoms with E-state index in [1.807, 2.05) is 0 Å². The van der Waals surface area contributed by atoms with Crippen LogP contribution in [-0.2, 0) is 20.4 Å². The number of halogens is 3. The lowest BCUT2D eigenvalue weighted by Crippen LogP contribution is -2.25. The van der Waals surface area contributed by atoms with Gasteiger partial charge in [0.15, 0.2) is 0 Å². The van der Waals surface area contributed by atoms with Crippen molar-refractivity contribution in [2.75, 3.05) is 32.2 Å². The second-order valence-electron chi connectivity index (χ2n) is 3.85. The summed E-state index contributed by atoms with van der Waals surface area (Å²) in [7, 11) is 1.24. The van der Waals surface area contributed by atoms with E-state index in [2.05, 4.69) is 15.2 Å². The first-order valence-corrected chi connectivity index (χ1v) is 5.89. The molecule has 1 aromatic rings. The molecule has 0 saturated carbocycles. The molecule has 0 aromatic carbocycles. The van der Waals surface area contributed by atoms with Crippen molar-refractivity contribution >= 4 is 11.7 Å². The first kappa shape index (κ1) is 17.0. The van der Waals surface area contributed by atoms with Crippen LogP contribution in [0.2, 0.25) is 0 Å². The molecule has 0 aliphatic carbocycles.